The molecule has 1 nitrogen and oxygen atoms in total. The Morgan fingerprint density at radius 2 is 1.68 bits per heavy atom. The maximum Gasteiger partial charge on any atom is 0.416 e. The molecular weight excluding hydrogens is 260 g/mol. The SMILES string of the molecule is OCc1cc(-c2ccccc2F)ccc1C(F)(F)F. The third-order valence-corrected chi connectivity index (χ3v) is 2.77. The summed E-state index contributed by atoms with van der Waals surface area (Å²) in [5.74, 6) is -0.522. The number of benzene rings is 2. The van der Waals surface area contributed by atoms with Crippen molar-refractivity contribution in [1.29, 1.82) is 0 Å². The van der Waals surface area contributed by atoms with Gasteiger partial charge in [0.05, 0.1) is 12.2 Å². The fourth-order valence-electron chi connectivity index (χ4n) is 1.86. The number of hydrogen-bond donors (Lipinski definition) is 1. The van der Waals surface area contributed by atoms with E-state index in [0.717, 1.165) is 12.1 Å². The third kappa shape index (κ3) is 2.76. The molecule has 0 aromatic heterocycles. The number of hydrogen-bond acceptors (Lipinski definition) is 1. The van der Waals surface area contributed by atoms with Crippen LogP contribution in [0, 0.1) is 5.82 Å². The van der Waals surface area contributed by atoms with E-state index in [4.69, 9.17) is 5.11 Å². The van der Waals surface area contributed by atoms with Crippen LogP contribution in [-0.2, 0) is 12.8 Å². The topological polar surface area (TPSA) is 20.2 Å². The average Bonchev–Trinajstić information content (AvgIpc) is 2.37. The molecule has 0 saturated heterocycles. The van der Waals surface area contributed by atoms with Crippen LogP contribution in [0.1, 0.15) is 11.1 Å². The lowest BCUT2D eigenvalue weighted by atomic mass is 9.99. The Labute approximate surface area is 107 Å². The highest BCUT2D eigenvalue weighted by Gasteiger charge is 2.33. The van der Waals surface area contributed by atoms with Gasteiger partial charge in [-0.15, -0.1) is 0 Å². The van der Waals surface area contributed by atoms with E-state index in [2.05, 4.69) is 0 Å². The molecule has 0 saturated carbocycles. The van der Waals surface area contributed by atoms with Crippen molar-refractivity contribution in [1.82, 2.24) is 0 Å². The van der Waals surface area contributed by atoms with E-state index in [1.165, 1.54) is 24.3 Å². The summed E-state index contributed by atoms with van der Waals surface area (Å²) in [7, 11) is 0. The minimum atomic E-state index is -4.54. The molecule has 2 aromatic carbocycles. The van der Waals surface area contributed by atoms with Gasteiger partial charge in [0.1, 0.15) is 5.82 Å². The molecule has 0 aliphatic heterocycles. The predicted octanol–water partition coefficient (Wildman–Crippen LogP) is 4.00. The monoisotopic (exact) mass is 270 g/mol. The standard InChI is InChI=1S/C14H10F4O/c15-13-4-2-1-3-11(13)9-5-6-12(14(16,17)18)10(7-9)8-19/h1-7,19H,8H2. The van der Waals surface area contributed by atoms with Gasteiger partial charge in [-0.2, -0.15) is 13.2 Å². The molecule has 0 amide bonds. The highest BCUT2D eigenvalue weighted by atomic mass is 19.4. The highest BCUT2D eigenvalue weighted by molar-refractivity contribution is 5.65. The normalized spacial score (nSPS) is 11.6. The number of rotatable bonds is 2. The summed E-state index contributed by atoms with van der Waals surface area (Å²) in [6.07, 6.45) is -4.54. The lowest BCUT2D eigenvalue weighted by Crippen LogP contribution is -2.09. The van der Waals surface area contributed by atoms with Crippen LogP contribution in [0.5, 0.6) is 0 Å². The molecule has 0 fully saturated rings. The summed E-state index contributed by atoms with van der Waals surface area (Å²) in [5, 5.41) is 9.03. The second kappa shape index (κ2) is 5.01. The van der Waals surface area contributed by atoms with Crippen molar-refractivity contribution in [3.05, 3.63) is 59.4 Å². The van der Waals surface area contributed by atoms with Gasteiger partial charge in [-0.25, -0.2) is 4.39 Å². The number of halogens is 4. The van der Waals surface area contributed by atoms with Crippen LogP contribution >= 0.6 is 0 Å². The van der Waals surface area contributed by atoms with E-state index in [1.54, 1.807) is 6.07 Å². The van der Waals surface area contributed by atoms with Gasteiger partial charge in [0.25, 0.3) is 0 Å². The number of alkyl halides is 3. The summed E-state index contributed by atoms with van der Waals surface area (Å²) in [5.41, 5.74) is -0.676. The molecule has 0 radical (unpaired) electrons. The van der Waals surface area contributed by atoms with E-state index in [1.807, 2.05) is 0 Å². The molecular formula is C14H10F4O. The second-order valence-electron chi connectivity index (χ2n) is 4.01. The number of aliphatic hydroxyl groups is 1. The quantitative estimate of drug-likeness (QED) is 0.818. The van der Waals surface area contributed by atoms with Gasteiger partial charge in [-0.3, -0.25) is 0 Å². The zero-order chi connectivity index (χ0) is 14.0. The molecule has 2 aromatic rings. The lowest BCUT2D eigenvalue weighted by molar-refractivity contribution is -0.138. The fraction of sp³-hybridized carbons (Fsp3) is 0.143. The smallest absolute Gasteiger partial charge is 0.392 e. The molecule has 0 atom stereocenters. The molecule has 2 rings (SSSR count). The minimum absolute atomic E-state index is 0.200. The van der Waals surface area contributed by atoms with E-state index in [-0.39, 0.29) is 11.1 Å². The van der Waals surface area contributed by atoms with Crippen molar-refractivity contribution in [3.63, 3.8) is 0 Å². The van der Waals surface area contributed by atoms with Crippen molar-refractivity contribution < 1.29 is 22.7 Å². The molecule has 1 N–H and O–H groups in total. The Morgan fingerprint density at radius 3 is 2.26 bits per heavy atom. The molecule has 100 valence electrons. The first kappa shape index (κ1) is 13.5. The van der Waals surface area contributed by atoms with Crippen LogP contribution in [-0.4, -0.2) is 5.11 Å². The molecule has 0 bridgehead atoms. The van der Waals surface area contributed by atoms with E-state index in [0.29, 0.717) is 5.56 Å². The van der Waals surface area contributed by atoms with Gasteiger partial charge in [-0.05, 0) is 29.3 Å². The van der Waals surface area contributed by atoms with Crippen molar-refractivity contribution in [3.8, 4) is 11.1 Å². The minimum Gasteiger partial charge on any atom is -0.392 e. The molecule has 0 aliphatic carbocycles. The Balaban J connectivity index is 2.55. The van der Waals surface area contributed by atoms with Gasteiger partial charge in [0, 0.05) is 5.56 Å². The zero-order valence-corrected chi connectivity index (χ0v) is 9.71. The average molecular weight is 270 g/mol. The second-order valence-corrected chi connectivity index (χ2v) is 4.01. The Bertz CT molecular complexity index is 590. The van der Waals surface area contributed by atoms with Crippen molar-refractivity contribution in [2.45, 2.75) is 12.8 Å². The van der Waals surface area contributed by atoms with Crippen molar-refractivity contribution in [2.24, 2.45) is 0 Å². The van der Waals surface area contributed by atoms with Crippen LogP contribution in [0.4, 0.5) is 17.6 Å². The highest BCUT2D eigenvalue weighted by Crippen LogP contribution is 2.34. The van der Waals surface area contributed by atoms with Crippen molar-refractivity contribution in [2.75, 3.05) is 0 Å². The summed E-state index contributed by atoms with van der Waals surface area (Å²) in [4.78, 5) is 0. The first-order valence-electron chi connectivity index (χ1n) is 5.49. The van der Waals surface area contributed by atoms with E-state index < -0.39 is 24.2 Å². The van der Waals surface area contributed by atoms with Crippen LogP contribution < -0.4 is 0 Å². The molecule has 5 heteroatoms. The van der Waals surface area contributed by atoms with Gasteiger partial charge in [-0.1, -0.05) is 24.3 Å². The van der Waals surface area contributed by atoms with Gasteiger partial charge < -0.3 is 5.11 Å². The molecule has 0 aliphatic rings. The Hall–Kier alpha value is -1.88. The van der Waals surface area contributed by atoms with Crippen LogP contribution in [0.2, 0.25) is 0 Å². The third-order valence-electron chi connectivity index (χ3n) is 2.77. The summed E-state index contributed by atoms with van der Waals surface area (Å²) in [6.45, 7) is -0.753. The van der Waals surface area contributed by atoms with Crippen LogP contribution in [0.3, 0.4) is 0 Å². The molecule has 0 unspecified atom stereocenters. The maximum atomic E-state index is 13.6. The largest absolute Gasteiger partial charge is 0.416 e. The predicted molar refractivity (Wildman–Crippen MR) is 62.8 cm³/mol. The van der Waals surface area contributed by atoms with E-state index >= 15 is 0 Å². The Kier molecular flexibility index (Phi) is 3.57. The first-order valence-corrected chi connectivity index (χ1v) is 5.49. The molecule has 0 spiro atoms. The summed E-state index contributed by atoms with van der Waals surface area (Å²) >= 11 is 0. The molecule has 19 heavy (non-hydrogen) atoms. The van der Waals surface area contributed by atoms with Crippen LogP contribution in [0.15, 0.2) is 42.5 Å². The Morgan fingerprint density at radius 1 is 1.00 bits per heavy atom. The number of aliphatic hydroxyl groups excluding tert-OH is 1. The maximum absolute atomic E-state index is 13.6. The summed E-state index contributed by atoms with van der Waals surface area (Å²) in [6, 6.07) is 8.99. The van der Waals surface area contributed by atoms with Crippen LogP contribution in [0.25, 0.3) is 11.1 Å². The van der Waals surface area contributed by atoms with Gasteiger partial charge in [0.2, 0.25) is 0 Å². The zero-order valence-electron chi connectivity index (χ0n) is 9.71. The van der Waals surface area contributed by atoms with Crippen molar-refractivity contribution >= 4 is 0 Å². The molecule has 0 heterocycles. The first-order chi connectivity index (χ1) is 8.93. The van der Waals surface area contributed by atoms with Gasteiger partial charge >= 0.3 is 6.18 Å². The fourth-order valence-corrected chi connectivity index (χ4v) is 1.86. The lowest BCUT2D eigenvalue weighted by Gasteiger charge is -2.13. The van der Waals surface area contributed by atoms with E-state index in [9.17, 15) is 17.6 Å². The van der Waals surface area contributed by atoms with Gasteiger partial charge in [0.15, 0.2) is 0 Å². The summed E-state index contributed by atoms with van der Waals surface area (Å²) < 4.78 is 51.6.